The number of nitrogens with one attached hydrogen (secondary N) is 2. The summed E-state index contributed by atoms with van der Waals surface area (Å²) >= 11 is 0. The summed E-state index contributed by atoms with van der Waals surface area (Å²) in [5.74, 6) is -0.506. The fraction of sp³-hybridized carbons (Fsp3) is 0. The van der Waals surface area contributed by atoms with Crippen molar-refractivity contribution in [3.8, 4) is 0 Å². The maximum absolute atomic E-state index is 11.7. The number of hydrazine groups is 1. The SMILES string of the molecule is O=C(NNOS(=O)(=O)c1ccccc1)c1ccccc1. The van der Waals surface area contributed by atoms with Crippen molar-refractivity contribution in [2.24, 2.45) is 0 Å². The number of hydrogen-bond donors (Lipinski definition) is 2. The Morgan fingerprint density at radius 2 is 1.45 bits per heavy atom. The minimum Gasteiger partial charge on any atom is -0.268 e. The topological polar surface area (TPSA) is 84.5 Å². The van der Waals surface area contributed by atoms with Gasteiger partial charge in [-0.2, -0.15) is 12.7 Å². The molecule has 0 atom stereocenters. The first kappa shape index (κ1) is 14.2. The van der Waals surface area contributed by atoms with E-state index < -0.39 is 16.0 Å². The molecule has 0 radical (unpaired) electrons. The summed E-state index contributed by atoms with van der Waals surface area (Å²) in [6.45, 7) is 0. The van der Waals surface area contributed by atoms with E-state index in [1.807, 2.05) is 5.59 Å². The molecule has 0 unspecified atom stereocenters. The number of carbonyl (C=O) groups is 1. The predicted octanol–water partition coefficient (Wildman–Crippen LogP) is 1.24. The summed E-state index contributed by atoms with van der Waals surface area (Å²) < 4.78 is 27.9. The number of hydrogen-bond acceptors (Lipinski definition) is 5. The maximum Gasteiger partial charge on any atom is 0.314 e. The smallest absolute Gasteiger partial charge is 0.268 e. The lowest BCUT2D eigenvalue weighted by Crippen LogP contribution is -2.38. The molecule has 0 spiro atoms. The van der Waals surface area contributed by atoms with E-state index in [4.69, 9.17) is 0 Å². The summed E-state index contributed by atoms with van der Waals surface area (Å²) in [6, 6.07) is 15.9. The first-order chi connectivity index (χ1) is 9.59. The molecule has 0 aliphatic rings. The highest BCUT2D eigenvalue weighted by Crippen LogP contribution is 2.09. The minimum absolute atomic E-state index is 0.0125. The summed E-state index contributed by atoms with van der Waals surface area (Å²) in [5.41, 5.74) is 4.45. The van der Waals surface area contributed by atoms with Crippen LogP contribution in [0.15, 0.2) is 65.6 Å². The number of carbonyl (C=O) groups excluding carboxylic acids is 1. The molecule has 2 rings (SSSR count). The van der Waals surface area contributed by atoms with Gasteiger partial charge in [-0.15, -0.1) is 0 Å². The van der Waals surface area contributed by atoms with Gasteiger partial charge in [0.25, 0.3) is 5.91 Å². The van der Waals surface area contributed by atoms with E-state index in [1.165, 1.54) is 12.1 Å². The third-order valence-corrected chi connectivity index (χ3v) is 3.54. The molecule has 0 aliphatic heterocycles. The Kier molecular flexibility index (Phi) is 4.46. The molecule has 0 aromatic heterocycles. The van der Waals surface area contributed by atoms with Crippen molar-refractivity contribution < 1.29 is 17.5 Å². The fourth-order valence-corrected chi connectivity index (χ4v) is 2.16. The van der Waals surface area contributed by atoms with Crippen molar-refractivity contribution in [2.75, 3.05) is 0 Å². The highest BCUT2D eigenvalue weighted by Gasteiger charge is 2.15. The van der Waals surface area contributed by atoms with Gasteiger partial charge in [0.1, 0.15) is 0 Å². The van der Waals surface area contributed by atoms with Gasteiger partial charge in [0, 0.05) is 5.56 Å². The van der Waals surface area contributed by atoms with Crippen molar-refractivity contribution in [3.63, 3.8) is 0 Å². The van der Waals surface area contributed by atoms with Crippen LogP contribution in [0.2, 0.25) is 0 Å². The minimum atomic E-state index is -3.96. The van der Waals surface area contributed by atoms with Crippen LogP contribution in [0.1, 0.15) is 10.4 Å². The monoisotopic (exact) mass is 292 g/mol. The average Bonchev–Trinajstić information content (AvgIpc) is 2.49. The number of amides is 1. The lowest BCUT2D eigenvalue weighted by molar-refractivity contribution is 0.0808. The number of benzene rings is 2. The van der Waals surface area contributed by atoms with Crippen molar-refractivity contribution in [1.29, 1.82) is 0 Å². The molecule has 7 heteroatoms. The van der Waals surface area contributed by atoms with E-state index in [1.54, 1.807) is 48.5 Å². The zero-order chi connectivity index (χ0) is 14.4. The first-order valence-electron chi connectivity index (χ1n) is 5.68. The summed E-state index contributed by atoms with van der Waals surface area (Å²) in [5, 5.41) is 0. The second kappa shape index (κ2) is 6.29. The summed E-state index contributed by atoms with van der Waals surface area (Å²) in [7, 11) is -3.96. The Morgan fingerprint density at radius 1 is 0.900 bits per heavy atom. The molecule has 2 aromatic carbocycles. The Balaban J connectivity index is 1.92. The second-order valence-electron chi connectivity index (χ2n) is 3.77. The highest BCUT2D eigenvalue weighted by atomic mass is 32.2. The molecule has 2 aromatic rings. The highest BCUT2D eigenvalue weighted by molar-refractivity contribution is 7.86. The van der Waals surface area contributed by atoms with E-state index in [2.05, 4.69) is 9.71 Å². The molecule has 2 N–H and O–H groups in total. The van der Waals surface area contributed by atoms with Gasteiger partial charge in [-0.25, -0.2) is 0 Å². The zero-order valence-electron chi connectivity index (χ0n) is 10.3. The van der Waals surface area contributed by atoms with Gasteiger partial charge < -0.3 is 0 Å². The largest absolute Gasteiger partial charge is 0.314 e. The van der Waals surface area contributed by atoms with Crippen LogP contribution in [0.25, 0.3) is 0 Å². The first-order valence-corrected chi connectivity index (χ1v) is 7.09. The average molecular weight is 292 g/mol. The van der Waals surface area contributed by atoms with Crippen LogP contribution in [0, 0.1) is 0 Å². The van der Waals surface area contributed by atoms with Crippen molar-refractivity contribution in [2.45, 2.75) is 4.90 Å². The van der Waals surface area contributed by atoms with E-state index in [0.29, 0.717) is 5.56 Å². The van der Waals surface area contributed by atoms with E-state index in [9.17, 15) is 13.2 Å². The van der Waals surface area contributed by atoms with Gasteiger partial charge in [0.15, 0.2) is 0 Å². The quantitative estimate of drug-likeness (QED) is 0.810. The Bertz CT molecular complexity index is 672. The van der Waals surface area contributed by atoms with Gasteiger partial charge >= 0.3 is 10.1 Å². The fourth-order valence-electron chi connectivity index (χ4n) is 1.42. The molecule has 0 fully saturated rings. The van der Waals surface area contributed by atoms with Crippen LogP contribution in [-0.4, -0.2) is 14.3 Å². The molecule has 0 saturated heterocycles. The normalized spacial score (nSPS) is 11.0. The van der Waals surface area contributed by atoms with E-state index in [-0.39, 0.29) is 4.90 Å². The Hall–Kier alpha value is -2.22. The summed E-state index contributed by atoms with van der Waals surface area (Å²) in [4.78, 5) is 11.6. The van der Waals surface area contributed by atoms with E-state index in [0.717, 1.165) is 0 Å². The van der Waals surface area contributed by atoms with Crippen LogP contribution < -0.4 is 11.0 Å². The predicted molar refractivity (Wildman–Crippen MR) is 71.8 cm³/mol. The number of rotatable bonds is 5. The lowest BCUT2D eigenvalue weighted by atomic mass is 10.2. The Labute approximate surface area is 116 Å². The van der Waals surface area contributed by atoms with Gasteiger partial charge in [-0.3, -0.25) is 10.2 Å². The van der Waals surface area contributed by atoms with Crippen LogP contribution in [0.4, 0.5) is 0 Å². The molecular formula is C13H12N2O4S. The summed E-state index contributed by atoms with van der Waals surface area (Å²) in [6.07, 6.45) is 0. The van der Waals surface area contributed by atoms with Crippen LogP contribution >= 0.6 is 0 Å². The molecule has 0 bridgehead atoms. The van der Waals surface area contributed by atoms with Gasteiger partial charge in [-0.1, -0.05) is 42.0 Å². The van der Waals surface area contributed by atoms with Crippen LogP contribution in [0.5, 0.6) is 0 Å². The maximum atomic E-state index is 11.7. The lowest BCUT2D eigenvalue weighted by Gasteiger charge is -2.07. The molecule has 0 heterocycles. The van der Waals surface area contributed by atoms with Crippen molar-refractivity contribution in [1.82, 2.24) is 11.0 Å². The van der Waals surface area contributed by atoms with Crippen LogP contribution in [-0.2, 0) is 14.4 Å². The molecule has 20 heavy (non-hydrogen) atoms. The standard InChI is InChI=1S/C13H12N2O4S/c16-13(11-7-3-1-4-8-11)14-15-19-20(17,18)12-9-5-2-6-10-12/h1-10,15H,(H,14,16). The van der Waals surface area contributed by atoms with Crippen LogP contribution in [0.3, 0.4) is 0 Å². The Morgan fingerprint density at radius 3 is 2.05 bits per heavy atom. The van der Waals surface area contributed by atoms with Gasteiger partial charge in [0.05, 0.1) is 4.90 Å². The zero-order valence-corrected chi connectivity index (χ0v) is 11.1. The molecule has 0 aliphatic carbocycles. The van der Waals surface area contributed by atoms with Crippen molar-refractivity contribution >= 4 is 16.0 Å². The third-order valence-electron chi connectivity index (χ3n) is 2.38. The van der Waals surface area contributed by atoms with Gasteiger partial charge in [0.2, 0.25) is 0 Å². The van der Waals surface area contributed by atoms with E-state index >= 15 is 0 Å². The molecule has 1 amide bonds. The molecule has 0 saturated carbocycles. The van der Waals surface area contributed by atoms with Gasteiger partial charge in [-0.05, 0) is 24.3 Å². The van der Waals surface area contributed by atoms with Crippen molar-refractivity contribution in [3.05, 3.63) is 66.2 Å². The molecular weight excluding hydrogens is 280 g/mol. The molecule has 104 valence electrons. The second-order valence-corrected chi connectivity index (χ2v) is 5.32. The molecule has 6 nitrogen and oxygen atoms in total. The third kappa shape index (κ3) is 3.64.